The van der Waals surface area contributed by atoms with Crippen LogP contribution in [0.4, 0.5) is 20.6 Å². The molecule has 3 atom stereocenters. The molecule has 2 aromatic heterocycles. The van der Waals surface area contributed by atoms with Gasteiger partial charge in [0.1, 0.15) is 10.2 Å². The second kappa shape index (κ2) is 12.1. The summed E-state index contributed by atoms with van der Waals surface area (Å²) in [4.78, 5) is 23.7. The van der Waals surface area contributed by atoms with Crippen molar-refractivity contribution in [3.05, 3.63) is 46.7 Å². The van der Waals surface area contributed by atoms with Gasteiger partial charge >= 0.3 is 6.09 Å². The zero-order valence-corrected chi connectivity index (χ0v) is 27.1. The molecule has 0 bridgehead atoms. The number of aromatic nitrogens is 2. The van der Waals surface area contributed by atoms with Crippen LogP contribution in [-0.2, 0) is 15.7 Å². The summed E-state index contributed by atoms with van der Waals surface area (Å²) in [5.41, 5.74) is 1.87. The Kier molecular flexibility index (Phi) is 9.70. The van der Waals surface area contributed by atoms with E-state index in [0.29, 0.717) is 18.8 Å². The van der Waals surface area contributed by atoms with E-state index in [4.69, 9.17) is 9.16 Å². The highest BCUT2D eigenvalue weighted by molar-refractivity contribution is 9.10. The van der Waals surface area contributed by atoms with Crippen LogP contribution in [0.15, 0.2) is 35.2 Å². The molecule has 0 saturated carbocycles. The predicted molar refractivity (Wildman–Crippen MR) is 160 cm³/mol. The van der Waals surface area contributed by atoms with Gasteiger partial charge in [0.2, 0.25) is 0 Å². The monoisotopic (exact) mass is 623 g/mol. The first-order valence-corrected chi connectivity index (χ1v) is 17.1. The van der Waals surface area contributed by atoms with Crippen molar-refractivity contribution in [3.8, 4) is 0 Å². The van der Waals surface area contributed by atoms with Crippen molar-refractivity contribution in [2.75, 3.05) is 23.3 Å². The Hall–Kier alpha value is -2.24. The van der Waals surface area contributed by atoms with Crippen LogP contribution in [0.25, 0.3) is 0 Å². The minimum Gasteiger partial charge on any atom is -0.444 e. The maximum atomic E-state index is 13.6. The molecule has 2 N–H and O–H groups in total. The van der Waals surface area contributed by atoms with Gasteiger partial charge in [-0.2, -0.15) is 0 Å². The van der Waals surface area contributed by atoms with E-state index in [-0.39, 0.29) is 27.7 Å². The zero-order valence-electron chi connectivity index (χ0n) is 24.6. The first kappa shape index (κ1) is 31.3. The largest absolute Gasteiger partial charge is 0.444 e. The molecule has 1 fully saturated rings. The smallest absolute Gasteiger partial charge is 0.408 e. The normalized spacial score (nSPS) is 20.5. The van der Waals surface area contributed by atoms with Crippen LogP contribution >= 0.6 is 15.9 Å². The van der Waals surface area contributed by atoms with Gasteiger partial charge in [0.25, 0.3) is 0 Å². The molecule has 0 spiro atoms. The average molecular weight is 625 g/mol. The summed E-state index contributed by atoms with van der Waals surface area (Å²) in [5, 5.41) is 6.56. The minimum absolute atomic E-state index is 0.0336. The van der Waals surface area contributed by atoms with E-state index in [2.05, 4.69) is 82.2 Å². The molecular weight excluding hydrogens is 581 g/mol. The molecule has 0 radical (unpaired) electrons. The number of carbonyl (C=O) groups is 1. The summed E-state index contributed by atoms with van der Waals surface area (Å²) in [7, 11) is -2.12. The Bertz CT molecular complexity index is 1150. The number of nitrogens with one attached hydrogen (secondary N) is 2. The zero-order chi connectivity index (χ0) is 29.2. The molecule has 0 aliphatic carbocycles. The van der Waals surface area contributed by atoms with Gasteiger partial charge in [0.15, 0.2) is 14.1 Å². The van der Waals surface area contributed by atoms with Crippen LogP contribution in [-0.4, -0.2) is 55.2 Å². The number of amides is 1. The summed E-state index contributed by atoms with van der Waals surface area (Å²) in [5.74, 6) is -0.273. The van der Waals surface area contributed by atoms with E-state index in [1.54, 1.807) is 18.5 Å². The van der Waals surface area contributed by atoms with Crippen LogP contribution in [0.3, 0.4) is 0 Å². The molecule has 1 saturated heterocycles. The number of rotatable bonds is 7. The lowest BCUT2D eigenvalue weighted by Gasteiger charge is -2.48. The third kappa shape index (κ3) is 8.37. The van der Waals surface area contributed by atoms with Gasteiger partial charge in [-0.1, -0.05) is 27.7 Å². The standard InChI is InChI=1S/C28H43BrFN5O3Si/c1-18-16-35(23-12-13-31-15-21(23)32-14-19-10-11-20(30)25(29)33-19)17-22(34-26(36)37-27(2,3)4)24(18)38-39(8,9)28(5,6)7/h10-13,15,18,22,24,32H,14,16-17H2,1-9H3,(H,34,36)/t18-,22+,24+/m0/s1. The highest BCUT2D eigenvalue weighted by atomic mass is 79.9. The molecule has 3 heterocycles. The number of nitrogens with zero attached hydrogens (tertiary/aromatic N) is 3. The number of piperidine rings is 1. The molecule has 3 rings (SSSR count). The van der Waals surface area contributed by atoms with E-state index in [9.17, 15) is 9.18 Å². The molecule has 39 heavy (non-hydrogen) atoms. The molecule has 11 heteroatoms. The van der Waals surface area contributed by atoms with Gasteiger partial charge in [-0.25, -0.2) is 14.2 Å². The number of alkyl carbamates (subject to hydrolysis) is 1. The number of pyridine rings is 2. The van der Waals surface area contributed by atoms with E-state index in [0.717, 1.165) is 17.9 Å². The fourth-order valence-electron chi connectivity index (χ4n) is 4.30. The van der Waals surface area contributed by atoms with Gasteiger partial charge in [0, 0.05) is 25.2 Å². The lowest BCUT2D eigenvalue weighted by atomic mass is 9.92. The number of hydrogen-bond donors (Lipinski definition) is 2. The summed E-state index contributed by atoms with van der Waals surface area (Å²) in [6, 6.07) is 4.71. The highest BCUT2D eigenvalue weighted by Crippen LogP contribution is 2.40. The Morgan fingerprint density at radius 2 is 1.87 bits per heavy atom. The Morgan fingerprint density at radius 3 is 2.49 bits per heavy atom. The number of anilines is 2. The second-order valence-corrected chi connectivity index (χ2v) is 18.3. The molecule has 8 nitrogen and oxygen atoms in total. The van der Waals surface area contributed by atoms with Gasteiger partial charge in [-0.05, 0) is 73.0 Å². The third-order valence-electron chi connectivity index (χ3n) is 7.28. The molecule has 216 valence electrons. The van der Waals surface area contributed by atoms with E-state index >= 15 is 0 Å². The predicted octanol–water partition coefficient (Wildman–Crippen LogP) is 6.73. The van der Waals surface area contributed by atoms with Crippen molar-refractivity contribution in [2.24, 2.45) is 5.92 Å². The quantitative estimate of drug-likeness (QED) is 0.261. The maximum Gasteiger partial charge on any atom is 0.408 e. The number of halogens is 2. The van der Waals surface area contributed by atoms with Crippen LogP contribution in [0.2, 0.25) is 18.1 Å². The fourth-order valence-corrected chi connectivity index (χ4v) is 6.09. The number of ether oxygens (including phenoxy) is 1. The fraction of sp³-hybridized carbons (Fsp3) is 0.607. The summed E-state index contributed by atoms with van der Waals surface area (Å²) in [6.45, 7) is 20.6. The second-order valence-electron chi connectivity index (χ2n) is 12.8. The van der Waals surface area contributed by atoms with Crippen LogP contribution in [0, 0.1) is 11.7 Å². The van der Waals surface area contributed by atoms with Crippen molar-refractivity contribution in [2.45, 2.75) is 90.9 Å². The SMILES string of the molecule is C[C@H]1CN(c2ccncc2NCc2ccc(F)c(Br)n2)C[C@@H](NC(=O)OC(C)(C)C)[C@@H]1O[Si](C)(C)C(C)(C)C. The molecule has 1 amide bonds. The molecule has 0 unspecified atom stereocenters. The van der Waals surface area contributed by atoms with E-state index in [1.165, 1.54) is 6.07 Å². The maximum absolute atomic E-state index is 13.6. The minimum atomic E-state index is -2.12. The molecule has 1 aliphatic heterocycles. The van der Waals surface area contributed by atoms with Crippen molar-refractivity contribution >= 4 is 41.7 Å². The third-order valence-corrected chi connectivity index (χ3v) is 12.3. The van der Waals surface area contributed by atoms with Crippen molar-refractivity contribution < 1.29 is 18.3 Å². The lowest BCUT2D eigenvalue weighted by molar-refractivity contribution is 0.0336. The van der Waals surface area contributed by atoms with Crippen LogP contribution in [0.1, 0.15) is 54.2 Å². The van der Waals surface area contributed by atoms with Gasteiger partial charge in [-0.3, -0.25) is 4.98 Å². The van der Waals surface area contributed by atoms with Crippen molar-refractivity contribution in [3.63, 3.8) is 0 Å². The summed E-state index contributed by atoms with van der Waals surface area (Å²) in [6.07, 6.45) is 2.92. The molecule has 1 aliphatic rings. The first-order valence-electron chi connectivity index (χ1n) is 13.4. The van der Waals surface area contributed by atoms with E-state index in [1.807, 2.05) is 26.8 Å². The average Bonchev–Trinajstić information content (AvgIpc) is 2.80. The first-order chi connectivity index (χ1) is 18.0. The van der Waals surface area contributed by atoms with Crippen LogP contribution < -0.4 is 15.5 Å². The molecular formula is C28H43BrFN5O3Si. The Morgan fingerprint density at radius 1 is 1.18 bits per heavy atom. The Labute approximate surface area is 241 Å². The van der Waals surface area contributed by atoms with Gasteiger partial charge < -0.3 is 24.7 Å². The van der Waals surface area contributed by atoms with Crippen LogP contribution in [0.5, 0.6) is 0 Å². The van der Waals surface area contributed by atoms with Crippen molar-refractivity contribution in [1.82, 2.24) is 15.3 Å². The topological polar surface area (TPSA) is 88.6 Å². The van der Waals surface area contributed by atoms with E-state index < -0.39 is 25.8 Å². The lowest BCUT2D eigenvalue weighted by Crippen LogP contribution is -2.62. The van der Waals surface area contributed by atoms with Crippen molar-refractivity contribution in [1.29, 1.82) is 0 Å². The number of hydrogen-bond acceptors (Lipinski definition) is 7. The number of carbonyl (C=O) groups excluding carboxylic acids is 1. The summed E-state index contributed by atoms with van der Waals surface area (Å²) < 4.78 is 26.3. The summed E-state index contributed by atoms with van der Waals surface area (Å²) >= 11 is 3.15. The highest BCUT2D eigenvalue weighted by Gasteiger charge is 2.45. The molecule has 0 aromatic carbocycles. The van der Waals surface area contributed by atoms with Gasteiger partial charge in [-0.15, -0.1) is 0 Å². The Balaban J connectivity index is 1.86. The van der Waals surface area contributed by atoms with Gasteiger partial charge in [0.05, 0.1) is 42.0 Å². The molecule has 2 aromatic rings.